The van der Waals surface area contributed by atoms with Gasteiger partial charge in [-0.1, -0.05) is 28.1 Å². The molecule has 1 N–H and O–H groups in total. The predicted octanol–water partition coefficient (Wildman–Crippen LogP) is 3.45. The minimum absolute atomic E-state index is 0.0697. The van der Waals surface area contributed by atoms with Crippen LogP contribution in [-0.2, 0) is 11.2 Å². The van der Waals surface area contributed by atoms with Crippen LogP contribution in [0.3, 0.4) is 0 Å². The molecule has 3 rings (SSSR count). The van der Waals surface area contributed by atoms with Gasteiger partial charge in [0.2, 0.25) is 5.91 Å². The molecule has 0 radical (unpaired) electrons. The quantitative estimate of drug-likeness (QED) is 0.833. The monoisotopic (exact) mass is 305 g/mol. The summed E-state index contributed by atoms with van der Waals surface area (Å²) >= 11 is 3.60. The summed E-state index contributed by atoms with van der Waals surface area (Å²) < 4.78 is 1.16. The van der Waals surface area contributed by atoms with E-state index in [1.807, 2.05) is 6.07 Å². The predicted molar refractivity (Wildman–Crippen MR) is 76.2 cm³/mol. The number of halogens is 1. The molecule has 0 saturated heterocycles. The Bertz CT molecular complexity index is 517. The molecule has 0 aromatic heterocycles. The lowest BCUT2D eigenvalue weighted by molar-refractivity contribution is -0.116. The Hall–Kier alpha value is -1.09. The van der Waals surface area contributed by atoms with Crippen LogP contribution in [0, 0.1) is 0 Å². The Balaban J connectivity index is 1.88. The standard InChI is InChI=1S/C15H16BrNO/c16-14-6-2-4-12-10(3-1-5-13(12)14)9-15(18)17-11-7-8-11/h2,4,6,9,11H,1,3,5,7-8H2,(H,17,18). The second-order valence-corrected chi connectivity index (χ2v) is 5.93. The van der Waals surface area contributed by atoms with Crippen molar-refractivity contribution in [3.05, 3.63) is 39.9 Å². The minimum atomic E-state index is 0.0697. The molecular weight excluding hydrogens is 290 g/mol. The van der Waals surface area contributed by atoms with Gasteiger partial charge in [-0.3, -0.25) is 4.79 Å². The van der Waals surface area contributed by atoms with Crippen molar-refractivity contribution in [1.29, 1.82) is 0 Å². The fraction of sp³-hybridized carbons (Fsp3) is 0.400. The molecule has 1 aromatic rings. The van der Waals surface area contributed by atoms with Crippen molar-refractivity contribution in [2.75, 3.05) is 0 Å². The number of carbonyl (C=O) groups is 1. The van der Waals surface area contributed by atoms with E-state index in [1.54, 1.807) is 6.08 Å². The van der Waals surface area contributed by atoms with Crippen LogP contribution in [0.5, 0.6) is 0 Å². The average Bonchev–Trinajstić information content (AvgIpc) is 3.14. The molecule has 3 heteroatoms. The Morgan fingerprint density at radius 3 is 2.94 bits per heavy atom. The summed E-state index contributed by atoms with van der Waals surface area (Å²) in [7, 11) is 0. The summed E-state index contributed by atoms with van der Waals surface area (Å²) in [5, 5.41) is 3.02. The molecule has 1 aromatic carbocycles. The van der Waals surface area contributed by atoms with E-state index in [1.165, 1.54) is 16.7 Å². The number of hydrogen-bond donors (Lipinski definition) is 1. The molecule has 0 spiro atoms. The van der Waals surface area contributed by atoms with Crippen molar-refractivity contribution in [2.45, 2.75) is 38.1 Å². The van der Waals surface area contributed by atoms with Crippen molar-refractivity contribution in [2.24, 2.45) is 0 Å². The highest BCUT2D eigenvalue weighted by atomic mass is 79.9. The first-order valence-electron chi connectivity index (χ1n) is 6.53. The number of carbonyl (C=O) groups excluding carboxylic acids is 1. The van der Waals surface area contributed by atoms with Gasteiger partial charge < -0.3 is 5.32 Å². The van der Waals surface area contributed by atoms with Crippen LogP contribution in [-0.4, -0.2) is 11.9 Å². The molecule has 0 atom stereocenters. The molecular formula is C15H16BrNO. The van der Waals surface area contributed by atoms with Crippen molar-refractivity contribution in [3.63, 3.8) is 0 Å². The molecule has 1 saturated carbocycles. The van der Waals surface area contributed by atoms with Gasteiger partial charge in [-0.25, -0.2) is 0 Å². The van der Waals surface area contributed by atoms with Gasteiger partial charge in [-0.05, 0) is 54.9 Å². The first kappa shape index (κ1) is 12.0. The fourth-order valence-corrected chi connectivity index (χ4v) is 3.05. The van der Waals surface area contributed by atoms with Gasteiger partial charge in [0.05, 0.1) is 0 Å². The highest BCUT2D eigenvalue weighted by Crippen LogP contribution is 2.34. The highest BCUT2D eigenvalue weighted by molar-refractivity contribution is 9.10. The van der Waals surface area contributed by atoms with Crippen LogP contribution in [0.1, 0.15) is 36.8 Å². The number of nitrogens with one attached hydrogen (secondary N) is 1. The highest BCUT2D eigenvalue weighted by Gasteiger charge is 2.23. The number of hydrogen-bond acceptors (Lipinski definition) is 1. The van der Waals surface area contributed by atoms with Crippen LogP contribution in [0.4, 0.5) is 0 Å². The Morgan fingerprint density at radius 2 is 2.17 bits per heavy atom. The SMILES string of the molecule is O=C(C=C1CCCc2c(Br)cccc21)NC1CC1. The van der Waals surface area contributed by atoms with Gasteiger partial charge in [0.25, 0.3) is 0 Å². The second kappa shape index (κ2) is 4.88. The molecule has 94 valence electrons. The molecule has 2 aliphatic carbocycles. The van der Waals surface area contributed by atoms with Crippen molar-refractivity contribution >= 4 is 27.4 Å². The third-order valence-electron chi connectivity index (χ3n) is 3.57. The first-order valence-corrected chi connectivity index (χ1v) is 7.32. The Morgan fingerprint density at radius 1 is 1.33 bits per heavy atom. The van der Waals surface area contributed by atoms with Gasteiger partial charge in [0.15, 0.2) is 0 Å². The lowest BCUT2D eigenvalue weighted by Gasteiger charge is -2.20. The Labute approximate surface area is 116 Å². The number of rotatable bonds is 2. The molecule has 2 aliphatic rings. The van der Waals surface area contributed by atoms with Gasteiger partial charge >= 0.3 is 0 Å². The van der Waals surface area contributed by atoms with E-state index in [0.29, 0.717) is 6.04 Å². The van der Waals surface area contributed by atoms with Crippen molar-refractivity contribution in [3.8, 4) is 0 Å². The third kappa shape index (κ3) is 2.51. The molecule has 0 unspecified atom stereocenters. The number of fused-ring (bicyclic) bond motifs is 1. The Kier molecular flexibility index (Phi) is 3.25. The first-order chi connectivity index (χ1) is 8.74. The van der Waals surface area contributed by atoms with E-state index in [2.05, 4.69) is 33.4 Å². The zero-order chi connectivity index (χ0) is 12.5. The lowest BCUT2D eigenvalue weighted by Crippen LogP contribution is -2.23. The van der Waals surface area contributed by atoms with Crippen molar-refractivity contribution in [1.82, 2.24) is 5.32 Å². The maximum Gasteiger partial charge on any atom is 0.244 e. The zero-order valence-corrected chi connectivity index (χ0v) is 11.8. The molecule has 0 aliphatic heterocycles. The van der Waals surface area contributed by atoms with Gasteiger partial charge in [0.1, 0.15) is 0 Å². The molecule has 1 amide bonds. The second-order valence-electron chi connectivity index (χ2n) is 5.07. The van der Waals surface area contributed by atoms with Crippen LogP contribution in [0.15, 0.2) is 28.7 Å². The summed E-state index contributed by atoms with van der Waals surface area (Å²) in [5.41, 5.74) is 3.76. The van der Waals surface area contributed by atoms with Crippen LogP contribution in [0.25, 0.3) is 5.57 Å². The van der Waals surface area contributed by atoms with Crippen LogP contribution >= 0.6 is 15.9 Å². The van der Waals surface area contributed by atoms with E-state index < -0.39 is 0 Å². The summed E-state index contributed by atoms with van der Waals surface area (Å²) in [6.45, 7) is 0. The van der Waals surface area contributed by atoms with Crippen LogP contribution in [0.2, 0.25) is 0 Å². The minimum Gasteiger partial charge on any atom is -0.350 e. The van der Waals surface area contributed by atoms with E-state index in [-0.39, 0.29) is 5.91 Å². The normalized spacial score (nSPS) is 20.6. The molecule has 18 heavy (non-hydrogen) atoms. The van der Waals surface area contributed by atoms with E-state index in [9.17, 15) is 4.79 Å². The van der Waals surface area contributed by atoms with E-state index >= 15 is 0 Å². The number of amides is 1. The molecule has 1 fully saturated rings. The number of benzene rings is 1. The van der Waals surface area contributed by atoms with E-state index in [4.69, 9.17) is 0 Å². The van der Waals surface area contributed by atoms with Gasteiger partial charge in [-0.2, -0.15) is 0 Å². The van der Waals surface area contributed by atoms with Crippen molar-refractivity contribution < 1.29 is 4.79 Å². The lowest BCUT2D eigenvalue weighted by atomic mass is 9.87. The van der Waals surface area contributed by atoms with E-state index in [0.717, 1.165) is 36.6 Å². The van der Waals surface area contributed by atoms with Gasteiger partial charge in [-0.15, -0.1) is 0 Å². The summed E-state index contributed by atoms with van der Waals surface area (Å²) in [6.07, 6.45) is 7.29. The average molecular weight is 306 g/mol. The number of allylic oxidation sites excluding steroid dienone is 1. The third-order valence-corrected chi connectivity index (χ3v) is 4.31. The van der Waals surface area contributed by atoms with Crippen LogP contribution < -0.4 is 5.32 Å². The summed E-state index contributed by atoms with van der Waals surface area (Å²) in [6, 6.07) is 6.67. The maximum atomic E-state index is 11.9. The summed E-state index contributed by atoms with van der Waals surface area (Å²) in [5.74, 6) is 0.0697. The zero-order valence-electron chi connectivity index (χ0n) is 10.2. The van der Waals surface area contributed by atoms with Gasteiger partial charge in [0, 0.05) is 16.6 Å². The molecule has 0 heterocycles. The maximum absolute atomic E-state index is 11.9. The topological polar surface area (TPSA) is 29.1 Å². The molecule has 2 nitrogen and oxygen atoms in total. The largest absolute Gasteiger partial charge is 0.350 e. The summed E-state index contributed by atoms with van der Waals surface area (Å²) in [4.78, 5) is 11.9. The smallest absolute Gasteiger partial charge is 0.244 e. The molecule has 0 bridgehead atoms. The fourth-order valence-electron chi connectivity index (χ4n) is 2.48.